The second kappa shape index (κ2) is 9.44. The van der Waals surface area contributed by atoms with E-state index in [1.807, 2.05) is 4.57 Å². The molecule has 0 saturated heterocycles. The van der Waals surface area contributed by atoms with Gasteiger partial charge in [0.15, 0.2) is 11.0 Å². The van der Waals surface area contributed by atoms with Crippen LogP contribution in [0.2, 0.25) is 0 Å². The van der Waals surface area contributed by atoms with Gasteiger partial charge in [-0.15, -0.1) is 21.5 Å². The van der Waals surface area contributed by atoms with Gasteiger partial charge < -0.3 is 11.1 Å². The Morgan fingerprint density at radius 3 is 2.57 bits per heavy atom. The van der Waals surface area contributed by atoms with Crippen molar-refractivity contribution in [3.8, 4) is 11.4 Å². The maximum Gasteiger partial charge on any atom is 0.250 e. The van der Waals surface area contributed by atoms with Gasteiger partial charge in [-0.25, -0.2) is 0 Å². The number of para-hydroxylation sites is 1. The van der Waals surface area contributed by atoms with E-state index >= 15 is 0 Å². The molecule has 3 N–H and O–H groups in total. The van der Waals surface area contributed by atoms with Gasteiger partial charge >= 0.3 is 0 Å². The fourth-order valence-corrected chi connectivity index (χ4v) is 4.70. The van der Waals surface area contributed by atoms with E-state index in [-0.39, 0.29) is 23.3 Å². The number of hydrogen-bond acceptors (Lipinski definition) is 6. The number of aromatic nitrogens is 3. The van der Waals surface area contributed by atoms with Crippen LogP contribution in [0.25, 0.3) is 11.4 Å². The molecule has 0 unspecified atom stereocenters. The number of nitrogens with two attached hydrogens (primary N) is 1. The number of primary amides is 1. The van der Waals surface area contributed by atoms with Crippen molar-refractivity contribution in [2.75, 3.05) is 11.1 Å². The van der Waals surface area contributed by atoms with Gasteiger partial charge in [-0.05, 0) is 38.0 Å². The molecular formula is C21H25N5O2S2. The lowest BCUT2D eigenvalue weighted by Crippen LogP contribution is -2.19. The summed E-state index contributed by atoms with van der Waals surface area (Å²) in [5, 5.41) is 14.2. The number of anilines is 1. The van der Waals surface area contributed by atoms with Crippen LogP contribution < -0.4 is 11.1 Å². The van der Waals surface area contributed by atoms with Crippen molar-refractivity contribution in [2.45, 2.75) is 44.8 Å². The maximum absolute atomic E-state index is 12.5. The molecule has 158 valence electrons. The van der Waals surface area contributed by atoms with Crippen molar-refractivity contribution in [2.24, 2.45) is 5.73 Å². The number of nitrogens with zero attached hydrogens (tertiary/aromatic N) is 3. The molecule has 0 fully saturated rings. The van der Waals surface area contributed by atoms with E-state index in [1.165, 1.54) is 16.6 Å². The lowest BCUT2D eigenvalue weighted by molar-refractivity contribution is -0.113. The van der Waals surface area contributed by atoms with E-state index in [4.69, 9.17) is 5.73 Å². The molecular weight excluding hydrogens is 418 g/mol. The quantitative estimate of drug-likeness (QED) is 0.498. The molecule has 0 aliphatic carbocycles. The molecule has 0 aliphatic heterocycles. The Morgan fingerprint density at radius 1 is 1.20 bits per heavy atom. The lowest BCUT2D eigenvalue weighted by Gasteiger charge is -2.13. The van der Waals surface area contributed by atoms with Crippen LogP contribution >= 0.6 is 23.1 Å². The second-order valence-corrected chi connectivity index (χ2v) is 9.29. The minimum absolute atomic E-state index is 0.138. The number of amides is 2. The van der Waals surface area contributed by atoms with E-state index in [1.54, 1.807) is 35.6 Å². The molecule has 2 heterocycles. The van der Waals surface area contributed by atoms with Gasteiger partial charge in [-0.1, -0.05) is 37.7 Å². The Hall–Kier alpha value is -2.65. The SMILES string of the molecule is CC(C)c1cc(-c2nnc(SCC(=O)Nc3ccccc3C(N)=O)n2C(C)C)cs1. The standard InChI is InChI=1S/C21H25N5O2S2/c1-12(2)17-9-14(10-29-17)20-24-25-21(26(20)13(3)4)30-11-18(27)23-16-8-6-5-7-15(16)19(22)28/h5-10,12-13H,11H2,1-4H3,(H2,22,28)(H,23,27). The molecule has 2 amide bonds. The van der Waals surface area contributed by atoms with Gasteiger partial charge in [0.05, 0.1) is 17.0 Å². The molecule has 0 saturated carbocycles. The Kier molecular flexibility index (Phi) is 6.94. The van der Waals surface area contributed by atoms with Crippen LogP contribution in [0.1, 0.15) is 54.9 Å². The zero-order chi connectivity index (χ0) is 21.8. The Bertz CT molecular complexity index is 1060. The fourth-order valence-electron chi connectivity index (χ4n) is 2.93. The number of hydrogen-bond donors (Lipinski definition) is 2. The number of carbonyl (C=O) groups is 2. The summed E-state index contributed by atoms with van der Waals surface area (Å²) < 4.78 is 2.04. The third-order valence-electron chi connectivity index (χ3n) is 4.43. The number of rotatable bonds is 8. The first-order valence-electron chi connectivity index (χ1n) is 9.63. The highest BCUT2D eigenvalue weighted by molar-refractivity contribution is 7.99. The van der Waals surface area contributed by atoms with Crippen molar-refractivity contribution >= 4 is 40.6 Å². The summed E-state index contributed by atoms with van der Waals surface area (Å²) in [6.45, 7) is 8.46. The van der Waals surface area contributed by atoms with E-state index in [0.717, 1.165) is 11.4 Å². The number of nitrogens with one attached hydrogen (secondary N) is 1. The maximum atomic E-state index is 12.5. The minimum Gasteiger partial charge on any atom is -0.366 e. The molecule has 30 heavy (non-hydrogen) atoms. The second-order valence-electron chi connectivity index (χ2n) is 7.41. The highest BCUT2D eigenvalue weighted by atomic mass is 32.2. The monoisotopic (exact) mass is 443 g/mol. The van der Waals surface area contributed by atoms with Crippen LogP contribution in [-0.4, -0.2) is 32.3 Å². The number of thiophene rings is 1. The van der Waals surface area contributed by atoms with E-state index in [9.17, 15) is 9.59 Å². The summed E-state index contributed by atoms with van der Waals surface area (Å²) in [7, 11) is 0. The Labute approximate surface area is 184 Å². The molecule has 0 aliphatic rings. The van der Waals surface area contributed by atoms with Crippen LogP contribution in [0.4, 0.5) is 5.69 Å². The molecule has 9 heteroatoms. The fraction of sp³-hybridized carbons (Fsp3) is 0.333. The zero-order valence-corrected chi connectivity index (χ0v) is 19.0. The third kappa shape index (κ3) is 4.91. The Balaban J connectivity index is 1.75. The molecule has 0 bridgehead atoms. The molecule has 3 rings (SSSR count). The number of benzene rings is 1. The summed E-state index contributed by atoms with van der Waals surface area (Å²) in [4.78, 5) is 25.3. The van der Waals surface area contributed by atoms with Gasteiger partial charge in [0.1, 0.15) is 0 Å². The molecule has 0 atom stereocenters. The summed E-state index contributed by atoms with van der Waals surface area (Å²) in [6.07, 6.45) is 0. The van der Waals surface area contributed by atoms with Gasteiger partial charge in [0.2, 0.25) is 5.91 Å². The lowest BCUT2D eigenvalue weighted by atomic mass is 10.1. The summed E-state index contributed by atoms with van der Waals surface area (Å²) >= 11 is 3.03. The van der Waals surface area contributed by atoms with E-state index < -0.39 is 5.91 Å². The summed E-state index contributed by atoms with van der Waals surface area (Å²) in [6, 6.07) is 8.97. The van der Waals surface area contributed by atoms with Crippen LogP contribution in [-0.2, 0) is 4.79 Å². The van der Waals surface area contributed by atoms with E-state index in [2.05, 4.69) is 54.7 Å². The topological polar surface area (TPSA) is 103 Å². The normalized spacial score (nSPS) is 11.3. The minimum atomic E-state index is -0.584. The van der Waals surface area contributed by atoms with Crippen molar-refractivity contribution in [3.05, 3.63) is 46.2 Å². The van der Waals surface area contributed by atoms with Crippen molar-refractivity contribution in [3.63, 3.8) is 0 Å². The van der Waals surface area contributed by atoms with Gasteiger partial charge in [-0.2, -0.15) is 0 Å². The largest absolute Gasteiger partial charge is 0.366 e. The van der Waals surface area contributed by atoms with Crippen LogP contribution in [0.3, 0.4) is 0 Å². The predicted octanol–water partition coefficient (Wildman–Crippen LogP) is 4.54. The average Bonchev–Trinajstić information content (AvgIpc) is 3.33. The molecule has 0 radical (unpaired) electrons. The first kappa shape index (κ1) is 22.0. The Morgan fingerprint density at radius 2 is 1.93 bits per heavy atom. The highest BCUT2D eigenvalue weighted by Gasteiger charge is 2.19. The molecule has 1 aromatic carbocycles. The van der Waals surface area contributed by atoms with Gasteiger partial charge in [0, 0.05) is 21.9 Å². The zero-order valence-electron chi connectivity index (χ0n) is 17.4. The first-order valence-corrected chi connectivity index (χ1v) is 11.5. The van der Waals surface area contributed by atoms with Crippen molar-refractivity contribution in [1.82, 2.24) is 14.8 Å². The van der Waals surface area contributed by atoms with Crippen LogP contribution in [0, 0.1) is 0 Å². The first-order chi connectivity index (χ1) is 14.3. The summed E-state index contributed by atoms with van der Waals surface area (Å²) in [5.41, 5.74) is 7.09. The molecule has 0 spiro atoms. The summed E-state index contributed by atoms with van der Waals surface area (Å²) in [5.74, 6) is 0.569. The molecule has 3 aromatic rings. The third-order valence-corrected chi connectivity index (χ3v) is 6.60. The highest BCUT2D eigenvalue weighted by Crippen LogP contribution is 2.32. The van der Waals surface area contributed by atoms with Crippen LogP contribution in [0.5, 0.6) is 0 Å². The molecule has 2 aromatic heterocycles. The predicted molar refractivity (Wildman–Crippen MR) is 122 cm³/mol. The smallest absolute Gasteiger partial charge is 0.250 e. The number of thioether (sulfide) groups is 1. The average molecular weight is 444 g/mol. The van der Waals surface area contributed by atoms with Gasteiger partial charge in [-0.3, -0.25) is 14.2 Å². The van der Waals surface area contributed by atoms with Crippen LogP contribution in [0.15, 0.2) is 40.9 Å². The van der Waals surface area contributed by atoms with Gasteiger partial charge in [0.25, 0.3) is 5.91 Å². The number of carbonyl (C=O) groups excluding carboxylic acids is 2. The van der Waals surface area contributed by atoms with Crippen molar-refractivity contribution < 1.29 is 9.59 Å². The van der Waals surface area contributed by atoms with E-state index in [0.29, 0.717) is 16.8 Å². The van der Waals surface area contributed by atoms with Crippen molar-refractivity contribution in [1.29, 1.82) is 0 Å². The molecule has 7 nitrogen and oxygen atoms in total.